The Hall–Kier alpha value is -2.19. The van der Waals surface area contributed by atoms with E-state index in [1.165, 1.54) is 0 Å². The van der Waals surface area contributed by atoms with Gasteiger partial charge in [0.15, 0.2) is 0 Å². The first-order valence-electron chi connectivity index (χ1n) is 6.26. The Kier molecular flexibility index (Phi) is 4.32. The van der Waals surface area contributed by atoms with E-state index in [4.69, 9.17) is 0 Å². The van der Waals surface area contributed by atoms with E-state index < -0.39 is 40.8 Å². The Morgan fingerprint density at radius 2 is 0.958 bits per heavy atom. The summed E-state index contributed by atoms with van der Waals surface area (Å²) < 4.78 is 114. The van der Waals surface area contributed by atoms with Crippen LogP contribution in [0.3, 0.4) is 0 Å². The summed E-state index contributed by atoms with van der Waals surface area (Å²) >= 11 is 0. The topological polar surface area (TPSA) is 0 Å². The zero-order valence-electron chi connectivity index (χ0n) is 11.4. The van der Waals surface area contributed by atoms with Crippen molar-refractivity contribution in [1.29, 1.82) is 0 Å². The largest absolute Gasteiger partial charge is 0.417 e. The maximum Gasteiger partial charge on any atom is 0.417 e. The lowest BCUT2D eigenvalue weighted by Crippen LogP contribution is -2.12. The molecule has 0 radical (unpaired) electrons. The highest BCUT2D eigenvalue weighted by molar-refractivity contribution is 5.69. The van der Waals surface area contributed by atoms with Gasteiger partial charge in [0, 0.05) is 0 Å². The van der Waals surface area contributed by atoms with Crippen LogP contribution >= 0.6 is 0 Å². The Morgan fingerprint density at radius 1 is 0.500 bits per heavy atom. The number of rotatable bonds is 1. The zero-order valence-corrected chi connectivity index (χ0v) is 11.4. The minimum absolute atomic E-state index is 0.0625. The van der Waals surface area contributed by atoms with E-state index in [0.717, 1.165) is 12.1 Å². The summed E-state index contributed by atoms with van der Waals surface area (Å²) in [5.41, 5.74) is -5.05. The molecule has 0 aliphatic carbocycles. The van der Waals surface area contributed by atoms with Gasteiger partial charge in [0.2, 0.25) is 0 Å². The lowest BCUT2D eigenvalue weighted by atomic mass is 9.96. The van der Waals surface area contributed by atoms with Crippen molar-refractivity contribution < 1.29 is 39.5 Å². The van der Waals surface area contributed by atoms with E-state index in [0.29, 0.717) is 24.3 Å². The van der Waals surface area contributed by atoms with Crippen LogP contribution in [0, 0.1) is 0 Å². The molecule has 0 aromatic heterocycles. The first-order chi connectivity index (χ1) is 10.8. The molecule has 0 nitrogen and oxygen atoms in total. The van der Waals surface area contributed by atoms with E-state index in [1.54, 1.807) is 0 Å². The third-order valence-corrected chi connectivity index (χ3v) is 3.18. The monoisotopic (exact) mass is 358 g/mol. The van der Waals surface area contributed by atoms with E-state index in [2.05, 4.69) is 0 Å². The molecule has 0 heterocycles. The molecular formula is C15H7F9. The molecule has 0 saturated heterocycles. The lowest BCUT2D eigenvalue weighted by Gasteiger charge is -2.16. The molecule has 0 bridgehead atoms. The summed E-state index contributed by atoms with van der Waals surface area (Å²) in [6.07, 6.45) is -14.7. The molecule has 2 aromatic carbocycles. The molecular weight excluding hydrogens is 351 g/mol. The van der Waals surface area contributed by atoms with Crippen LogP contribution in [0.2, 0.25) is 0 Å². The molecule has 2 rings (SSSR count). The van der Waals surface area contributed by atoms with Crippen LogP contribution in [0.5, 0.6) is 0 Å². The first-order valence-corrected chi connectivity index (χ1v) is 6.26. The molecule has 0 saturated carbocycles. The molecule has 0 unspecified atom stereocenters. The number of hydrogen-bond donors (Lipinski definition) is 0. The molecule has 0 fully saturated rings. The fourth-order valence-corrected chi connectivity index (χ4v) is 2.05. The van der Waals surface area contributed by atoms with Crippen molar-refractivity contribution in [1.82, 2.24) is 0 Å². The molecule has 0 spiro atoms. The summed E-state index contributed by atoms with van der Waals surface area (Å²) in [7, 11) is 0. The van der Waals surface area contributed by atoms with Crippen molar-refractivity contribution >= 4 is 0 Å². The number of alkyl halides is 9. The van der Waals surface area contributed by atoms with E-state index in [1.807, 2.05) is 0 Å². The van der Waals surface area contributed by atoms with E-state index in [-0.39, 0.29) is 11.6 Å². The summed E-state index contributed by atoms with van der Waals surface area (Å²) in [6.45, 7) is 0. The van der Waals surface area contributed by atoms with Crippen LogP contribution in [0.15, 0.2) is 42.5 Å². The van der Waals surface area contributed by atoms with E-state index in [9.17, 15) is 39.5 Å². The summed E-state index contributed by atoms with van der Waals surface area (Å²) in [4.78, 5) is 0. The van der Waals surface area contributed by atoms with Crippen LogP contribution in [-0.4, -0.2) is 0 Å². The Bertz CT molecular complexity index is 719. The van der Waals surface area contributed by atoms with Gasteiger partial charge in [0.05, 0.1) is 16.7 Å². The summed E-state index contributed by atoms with van der Waals surface area (Å²) in [5.74, 6) is 0. The van der Waals surface area contributed by atoms with Crippen molar-refractivity contribution in [2.75, 3.05) is 0 Å². The van der Waals surface area contributed by atoms with Gasteiger partial charge in [0.1, 0.15) is 0 Å². The fraction of sp³-hybridized carbons (Fsp3) is 0.200. The predicted octanol–water partition coefficient (Wildman–Crippen LogP) is 6.41. The van der Waals surface area contributed by atoms with Gasteiger partial charge in [-0.3, -0.25) is 0 Å². The molecule has 0 aliphatic rings. The number of hydrogen-bond acceptors (Lipinski definition) is 0. The maximum atomic E-state index is 13.0. The number of halogens is 9. The summed E-state index contributed by atoms with van der Waals surface area (Å²) in [5, 5.41) is 0. The van der Waals surface area contributed by atoms with Crippen LogP contribution in [0.1, 0.15) is 16.7 Å². The maximum absolute atomic E-state index is 13.0. The molecule has 130 valence electrons. The Labute approximate surface area is 129 Å². The molecule has 9 heteroatoms. The molecule has 0 atom stereocenters. The molecule has 0 aliphatic heterocycles. The Morgan fingerprint density at radius 3 is 1.38 bits per heavy atom. The van der Waals surface area contributed by atoms with Crippen molar-refractivity contribution in [3.05, 3.63) is 59.2 Å². The van der Waals surface area contributed by atoms with Crippen LogP contribution in [-0.2, 0) is 18.5 Å². The highest BCUT2D eigenvalue weighted by Gasteiger charge is 2.38. The van der Waals surface area contributed by atoms with Gasteiger partial charge in [-0.1, -0.05) is 18.2 Å². The average molecular weight is 358 g/mol. The summed E-state index contributed by atoms with van der Waals surface area (Å²) in [6, 6.07) is 3.66. The minimum atomic E-state index is -5.10. The second-order valence-corrected chi connectivity index (χ2v) is 4.83. The molecule has 0 amide bonds. The smallest absolute Gasteiger partial charge is 0.166 e. The third-order valence-electron chi connectivity index (χ3n) is 3.18. The van der Waals surface area contributed by atoms with Crippen molar-refractivity contribution in [3.63, 3.8) is 0 Å². The lowest BCUT2D eigenvalue weighted by molar-refractivity contribution is -0.143. The minimum Gasteiger partial charge on any atom is -0.166 e. The molecule has 0 N–H and O–H groups in total. The normalized spacial score (nSPS) is 13.2. The van der Waals surface area contributed by atoms with Gasteiger partial charge in [-0.2, -0.15) is 39.5 Å². The van der Waals surface area contributed by atoms with Crippen LogP contribution in [0.4, 0.5) is 39.5 Å². The van der Waals surface area contributed by atoms with E-state index >= 15 is 0 Å². The van der Waals surface area contributed by atoms with Crippen molar-refractivity contribution in [2.45, 2.75) is 18.5 Å². The second-order valence-electron chi connectivity index (χ2n) is 4.83. The van der Waals surface area contributed by atoms with Crippen molar-refractivity contribution in [2.24, 2.45) is 0 Å². The van der Waals surface area contributed by atoms with Gasteiger partial charge in [-0.05, 0) is 35.4 Å². The van der Waals surface area contributed by atoms with Gasteiger partial charge in [0.25, 0.3) is 0 Å². The van der Waals surface area contributed by atoms with Gasteiger partial charge in [-0.25, -0.2) is 0 Å². The van der Waals surface area contributed by atoms with Gasteiger partial charge < -0.3 is 0 Å². The zero-order chi connectivity index (χ0) is 18.3. The predicted molar refractivity (Wildman–Crippen MR) is 66.9 cm³/mol. The molecule has 24 heavy (non-hydrogen) atoms. The highest BCUT2D eigenvalue weighted by Crippen LogP contribution is 2.41. The van der Waals surface area contributed by atoms with Gasteiger partial charge >= 0.3 is 18.5 Å². The molecule has 2 aromatic rings. The highest BCUT2D eigenvalue weighted by atomic mass is 19.4. The second kappa shape index (κ2) is 5.71. The fourth-order valence-electron chi connectivity index (χ4n) is 2.05. The van der Waals surface area contributed by atoms with Crippen LogP contribution in [0.25, 0.3) is 11.1 Å². The van der Waals surface area contributed by atoms with Crippen LogP contribution < -0.4 is 0 Å². The SMILES string of the molecule is FC(F)(F)c1ccc(-c2ccc(C(F)(F)F)cc2C(F)(F)F)cc1. The first kappa shape index (κ1) is 18.2. The van der Waals surface area contributed by atoms with Crippen molar-refractivity contribution in [3.8, 4) is 11.1 Å². The average Bonchev–Trinajstić information content (AvgIpc) is 2.44. The van der Waals surface area contributed by atoms with Gasteiger partial charge in [-0.15, -0.1) is 0 Å². The Balaban J connectivity index is 2.58. The standard InChI is InChI=1S/C15H7F9/c16-13(17,18)9-3-1-8(2-4-9)11-6-5-10(14(19,20)21)7-12(11)15(22,23)24/h1-7H. The quantitative estimate of drug-likeness (QED) is 0.517. The third kappa shape index (κ3) is 3.82. The number of benzene rings is 2.